The molecule has 2 amide bonds. The van der Waals surface area contributed by atoms with Crippen LogP contribution < -0.4 is 4.90 Å². The zero-order chi connectivity index (χ0) is 25.8. The first-order valence-corrected chi connectivity index (χ1v) is 12.5. The molecule has 0 spiro atoms. The zero-order valence-electron chi connectivity index (χ0n) is 20.9. The summed E-state index contributed by atoms with van der Waals surface area (Å²) in [5.41, 5.74) is 6.50. The first-order chi connectivity index (χ1) is 18.0. The van der Waals surface area contributed by atoms with Gasteiger partial charge in [-0.05, 0) is 65.9 Å². The second-order valence-corrected chi connectivity index (χ2v) is 9.56. The number of carbonyl (C=O) groups is 2. The van der Waals surface area contributed by atoms with Crippen LogP contribution in [-0.2, 0) is 30.7 Å². The largest absolute Gasteiger partial charge is 0.338 e. The van der Waals surface area contributed by atoms with Crippen molar-refractivity contribution in [3.63, 3.8) is 0 Å². The van der Waals surface area contributed by atoms with Crippen LogP contribution in [0.5, 0.6) is 0 Å². The van der Waals surface area contributed by atoms with Crippen LogP contribution in [0.2, 0.25) is 0 Å². The fourth-order valence-electron chi connectivity index (χ4n) is 4.72. The molecule has 1 heterocycles. The summed E-state index contributed by atoms with van der Waals surface area (Å²) in [6, 6.07) is 29.5. The Morgan fingerprint density at radius 2 is 1.54 bits per heavy atom. The SMILES string of the molecule is Cc1ccc(CN(C(=O)c2cccc(F)c2)c2ccc(CC(=O)N3CCc4ccccc4C3)cc2)cc1. The van der Waals surface area contributed by atoms with Gasteiger partial charge in [-0.15, -0.1) is 0 Å². The average molecular weight is 493 g/mol. The Hall–Kier alpha value is -4.25. The molecule has 0 radical (unpaired) electrons. The summed E-state index contributed by atoms with van der Waals surface area (Å²) in [4.78, 5) is 30.0. The molecule has 37 heavy (non-hydrogen) atoms. The minimum atomic E-state index is -0.449. The van der Waals surface area contributed by atoms with Crippen LogP contribution in [0.4, 0.5) is 10.1 Å². The maximum absolute atomic E-state index is 13.9. The van der Waals surface area contributed by atoms with Gasteiger partial charge >= 0.3 is 0 Å². The van der Waals surface area contributed by atoms with Gasteiger partial charge in [-0.25, -0.2) is 4.39 Å². The molecule has 0 saturated heterocycles. The molecule has 0 N–H and O–H groups in total. The van der Waals surface area contributed by atoms with E-state index < -0.39 is 5.82 Å². The highest BCUT2D eigenvalue weighted by Crippen LogP contribution is 2.23. The molecular formula is C32H29FN2O2. The van der Waals surface area contributed by atoms with E-state index in [1.165, 1.54) is 23.3 Å². The van der Waals surface area contributed by atoms with Crippen LogP contribution in [-0.4, -0.2) is 23.3 Å². The molecule has 4 aromatic carbocycles. The number of aryl methyl sites for hydroxylation is 1. The summed E-state index contributed by atoms with van der Waals surface area (Å²) in [6.45, 7) is 3.73. The Kier molecular flexibility index (Phi) is 7.13. The summed E-state index contributed by atoms with van der Waals surface area (Å²) in [7, 11) is 0. The minimum absolute atomic E-state index is 0.0922. The van der Waals surface area contributed by atoms with Crippen LogP contribution in [0.15, 0.2) is 97.1 Å². The van der Waals surface area contributed by atoms with Gasteiger partial charge in [0, 0.05) is 24.3 Å². The Morgan fingerprint density at radius 1 is 0.838 bits per heavy atom. The third kappa shape index (κ3) is 5.78. The fourth-order valence-corrected chi connectivity index (χ4v) is 4.72. The number of benzene rings is 4. The second-order valence-electron chi connectivity index (χ2n) is 9.56. The number of halogens is 1. The third-order valence-corrected chi connectivity index (χ3v) is 6.86. The lowest BCUT2D eigenvalue weighted by Crippen LogP contribution is -2.36. The number of anilines is 1. The van der Waals surface area contributed by atoms with Gasteiger partial charge in [-0.3, -0.25) is 9.59 Å². The number of nitrogens with zero attached hydrogens (tertiary/aromatic N) is 2. The molecule has 5 heteroatoms. The van der Waals surface area contributed by atoms with Crippen molar-refractivity contribution >= 4 is 17.5 Å². The highest BCUT2D eigenvalue weighted by molar-refractivity contribution is 6.06. The summed E-state index contributed by atoms with van der Waals surface area (Å²) >= 11 is 0. The lowest BCUT2D eigenvalue weighted by molar-refractivity contribution is -0.131. The standard InChI is InChI=1S/C32H29FN2O2/c1-23-9-11-25(12-10-23)21-35(32(37)27-7-4-8-29(33)20-27)30-15-13-24(14-16-30)19-31(36)34-18-17-26-5-2-3-6-28(26)22-34/h2-16,20H,17-19,21-22H2,1H3. The van der Waals surface area contributed by atoms with Crippen LogP contribution in [0.25, 0.3) is 0 Å². The number of rotatable bonds is 6. The molecule has 0 bridgehead atoms. The van der Waals surface area contributed by atoms with Crippen LogP contribution >= 0.6 is 0 Å². The van der Waals surface area contributed by atoms with E-state index in [4.69, 9.17) is 0 Å². The van der Waals surface area contributed by atoms with E-state index in [1.54, 1.807) is 17.0 Å². The Labute approximate surface area is 217 Å². The first-order valence-electron chi connectivity index (χ1n) is 12.5. The van der Waals surface area contributed by atoms with Crippen molar-refractivity contribution in [3.8, 4) is 0 Å². The van der Waals surface area contributed by atoms with Crippen molar-refractivity contribution in [1.82, 2.24) is 4.90 Å². The van der Waals surface area contributed by atoms with Gasteiger partial charge in [0.25, 0.3) is 5.91 Å². The summed E-state index contributed by atoms with van der Waals surface area (Å²) < 4.78 is 13.9. The normalized spacial score (nSPS) is 12.6. The summed E-state index contributed by atoms with van der Waals surface area (Å²) in [6.07, 6.45) is 1.18. The van der Waals surface area contributed by atoms with Crippen molar-refractivity contribution in [2.24, 2.45) is 0 Å². The smallest absolute Gasteiger partial charge is 0.258 e. The number of hydrogen-bond donors (Lipinski definition) is 0. The molecule has 1 aliphatic rings. The molecule has 0 aromatic heterocycles. The Balaban J connectivity index is 1.34. The lowest BCUT2D eigenvalue weighted by atomic mass is 9.99. The Morgan fingerprint density at radius 3 is 2.27 bits per heavy atom. The van der Waals surface area contributed by atoms with Crippen molar-refractivity contribution < 1.29 is 14.0 Å². The molecule has 0 unspecified atom stereocenters. The fraction of sp³-hybridized carbons (Fsp3) is 0.188. The van der Waals surface area contributed by atoms with Crippen molar-refractivity contribution in [2.45, 2.75) is 32.9 Å². The molecule has 1 aliphatic heterocycles. The molecule has 0 aliphatic carbocycles. The molecular weight excluding hydrogens is 463 g/mol. The van der Waals surface area contributed by atoms with Gasteiger partial charge in [-0.1, -0.05) is 72.3 Å². The van der Waals surface area contributed by atoms with Gasteiger partial charge in [0.1, 0.15) is 5.82 Å². The molecule has 0 fully saturated rings. The van der Waals surface area contributed by atoms with E-state index in [9.17, 15) is 14.0 Å². The predicted molar refractivity (Wildman–Crippen MR) is 144 cm³/mol. The average Bonchev–Trinajstić information content (AvgIpc) is 2.92. The van der Waals surface area contributed by atoms with Crippen LogP contribution in [0.3, 0.4) is 0 Å². The number of carbonyl (C=O) groups excluding carboxylic acids is 2. The molecule has 5 rings (SSSR count). The topological polar surface area (TPSA) is 40.6 Å². The van der Waals surface area contributed by atoms with E-state index in [0.717, 1.165) is 29.7 Å². The minimum Gasteiger partial charge on any atom is -0.338 e. The van der Waals surface area contributed by atoms with Gasteiger partial charge in [0.2, 0.25) is 5.91 Å². The lowest BCUT2D eigenvalue weighted by Gasteiger charge is -2.29. The van der Waals surface area contributed by atoms with E-state index >= 15 is 0 Å². The third-order valence-electron chi connectivity index (χ3n) is 6.86. The quantitative estimate of drug-likeness (QED) is 0.326. The molecule has 186 valence electrons. The summed E-state index contributed by atoms with van der Waals surface area (Å²) in [5, 5.41) is 0. The van der Waals surface area contributed by atoms with E-state index in [-0.39, 0.29) is 17.4 Å². The molecule has 4 nitrogen and oxygen atoms in total. The Bertz CT molecular complexity index is 1410. The van der Waals surface area contributed by atoms with Crippen LogP contribution in [0, 0.1) is 12.7 Å². The van der Waals surface area contributed by atoms with Gasteiger partial charge < -0.3 is 9.80 Å². The highest BCUT2D eigenvalue weighted by atomic mass is 19.1. The number of fused-ring (bicyclic) bond motifs is 1. The summed E-state index contributed by atoms with van der Waals surface area (Å²) in [5.74, 6) is -0.638. The van der Waals surface area contributed by atoms with E-state index in [2.05, 4.69) is 12.1 Å². The van der Waals surface area contributed by atoms with Gasteiger partial charge in [0.05, 0.1) is 13.0 Å². The van der Waals surface area contributed by atoms with E-state index in [1.807, 2.05) is 72.5 Å². The molecule has 0 saturated carbocycles. The first kappa shape index (κ1) is 24.4. The van der Waals surface area contributed by atoms with Crippen molar-refractivity contribution in [3.05, 3.63) is 136 Å². The zero-order valence-corrected chi connectivity index (χ0v) is 20.9. The maximum Gasteiger partial charge on any atom is 0.258 e. The highest BCUT2D eigenvalue weighted by Gasteiger charge is 2.22. The van der Waals surface area contributed by atoms with Gasteiger partial charge in [0.15, 0.2) is 0 Å². The molecule has 4 aromatic rings. The van der Waals surface area contributed by atoms with E-state index in [0.29, 0.717) is 25.2 Å². The molecule has 0 atom stereocenters. The number of amides is 2. The van der Waals surface area contributed by atoms with Gasteiger partial charge in [-0.2, -0.15) is 0 Å². The maximum atomic E-state index is 13.9. The number of hydrogen-bond acceptors (Lipinski definition) is 2. The monoisotopic (exact) mass is 492 g/mol. The van der Waals surface area contributed by atoms with Crippen molar-refractivity contribution in [1.29, 1.82) is 0 Å². The predicted octanol–water partition coefficient (Wildman–Crippen LogP) is 6.11. The second kappa shape index (κ2) is 10.8. The van der Waals surface area contributed by atoms with Crippen molar-refractivity contribution in [2.75, 3.05) is 11.4 Å². The van der Waals surface area contributed by atoms with Crippen LogP contribution in [0.1, 0.15) is 38.2 Å².